The molecule has 1 unspecified atom stereocenters. The van der Waals surface area contributed by atoms with Crippen molar-refractivity contribution >= 4 is 0 Å². The van der Waals surface area contributed by atoms with Gasteiger partial charge in [-0.2, -0.15) is 0 Å². The van der Waals surface area contributed by atoms with Gasteiger partial charge in [0.05, 0.1) is 5.69 Å². The molecule has 14 heavy (non-hydrogen) atoms. The third-order valence-corrected chi connectivity index (χ3v) is 2.43. The quantitative estimate of drug-likeness (QED) is 0.613. The molecular formula is C10H15N3O. The van der Waals surface area contributed by atoms with Gasteiger partial charge in [-0.3, -0.25) is 4.98 Å². The summed E-state index contributed by atoms with van der Waals surface area (Å²) in [5.74, 6) is 0.292. The molecule has 3 N–H and O–H groups in total. The summed E-state index contributed by atoms with van der Waals surface area (Å²) in [6.07, 6.45) is 2.49. The maximum atomic E-state index is 9.53. The normalized spacial score (nSPS) is 22.1. The fourth-order valence-corrected chi connectivity index (χ4v) is 1.68. The molecule has 1 aromatic heterocycles. The summed E-state index contributed by atoms with van der Waals surface area (Å²) in [6.45, 7) is 2.94. The van der Waals surface area contributed by atoms with Gasteiger partial charge in [0, 0.05) is 38.3 Å². The number of pyridine rings is 1. The molecule has 0 spiro atoms. The van der Waals surface area contributed by atoms with Crippen molar-refractivity contribution in [3.8, 4) is 5.75 Å². The first kappa shape index (κ1) is 9.43. The Bertz CT molecular complexity index is 297. The minimum Gasteiger partial charge on any atom is -0.506 e. The average molecular weight is 193 g/mol. The van der Waals surface area contributed by atoms with Crippen molar-refractivity contribution in [3.63, 3.8) is 0 Å². The molecule has 0 radical (unpaired) electrons. The highest BCUT2D eigenvalue weighted by Gasteiger charge is 2.14. The molecule has 1 fully saturated rings. The zero-order valence-corrected chi connectivity index (χ0v) is 8.03. The molecule has 0 saturated carbocycles. The molecular weight excluding hydrogens is 178 g/mol. The fourth-order valence-electron chi connectivity index (χ4n) is 1.68. The fraction of sp³-hybridized carbons (Fsp3) is 0.500. The first-order valence-corrected chi connectivity index (χ1v) is 4.93. The molecule has 1 aliphatic rings. The second kappa shape index (κ2) is 4.39. The van der Waals surface area contributed by atoms with Crippen LogP contribution in [0.1, 0.15) is 5.69 Å². The summed E-state index contributed by atoms with van der Waals surface area (Å²) in [6, 6.07) is 3.80. The largest absolute Gasteiger partial charge is 0.506 e. The van der Waals surface area contributed by atoms with Crippen molar-refractivity contribution < 1.29 is 5.11 Å². The lowest BCUT2D eigenvalue weighted by molar-refractivity contribution is 0.403. The second-order valence-corrected chi connectivity index (χ2v) is 3.53. The van der Waals surface area contributed by atoms with E-state index in [1.807, 2.05) is 0 Å². The van der Waals surface area contributed by atoms with E-state index >= 15 is 0 Å². The van der Waals surface area contributed by atoms with Gasteiger partial charge in [0.15, 0.2) is 0 Å². The predicted molar refractivity (Wildman–Crippen MR) is 54.3 cm³/mol. The van der Waals surface area contributed by atoms with Crippen molar-refractivity contribution in [1.82, 2.24) is 15.6 Å². The van der Waals surface area contributed by atoms with E-state index in [-0.39, 0.29) is 0 Å². The highest BCUT2D eigenvalue weighted by atomic mass is 16.3. The summed E-state index contributed by atoms with van der Waals surface area (Å²) < 4.78 is 0. The topological polar surface area (TPSA) is 57.2 Å². The lowest BCUT2D eigenvalue weighted by atomic mass is 10.1. The first-order chi connectivity index (χ1) is 6.86. The number of nitrogens with one attached hydrogen (secondary N) is 2. The number of nitrogens with zero attached hydrogens (tertiary/aromatic N) is 1. The monoisotopic (exact) mass is 193 g/mol. The third-order valence-electron chi connectivity index (χ3n) is 2.43. The minimum atomic E-state index is 0.292. The Kier molecular flexibility index (Phi) is 2.96. The highest BCUT2D eigenvalue weighted by molar-refractivity contribution is 5.25. The smallest absolute Gasteiger partial charge is 0.137 e. The van der Waals surface area contributed by atoms with Gasteiger partial charge in [0.25, 0.3) is 0 Å². The molecule has 2 rings (SSSR count). The van der Waals surface area contributed by atoms with Crippen LogP contribution >= 0.6 is 0 Å². The van der Waals surface area contributed by atoms with E-state index in [9.17, 15) is 5.11 Å². The van der Waals surface area contributed by atoms with Crippen LogP contribution in [0.3, 0.4) is 0 Å². The van der Waals surface area contributed by atoms with Gasteiger partial charge in [-0.15, -0.1) is 0 Å². The third kappa shape index (κ3) is 2.21. The van der Waals surface area contributed by atoms with Crippen LogP contribution in [-0.4, -0.2) is 35.8 Å². The van der Waals surface area contributed by atoms with Gasteiger partial charge in [-0.05, 0) is 12.1 Å². The molecule has 1 saturated heterocycles. The van der Waals surface area contributed by atoms with Crippen molar-refractivity contribution in [1.29, 1.82) is 0 Å². The number of aromatic nitrogens is 1. The van der Waals surface area contributed by atoms with Gasteiger partial charge in [-0.1, -0.05) is 0 Å². The molecule has 76 valence electrons. The molecule has 4 heteroatoms. The Morgan fingerprint density at radius 3 is 3.14 bits per heavy atom. The number of rotatable bonds is 2. The molecule has 1 aliphatic heterocycles. The van der Waals surface area contributed by atoms with Crippen molar-refractivity contribution in [2.24, 2.45) is 0 Å². The van der Waals surface area contributed by atoms with E-state index < -0.39 is 0 Å². The Hall–Kier alpha value is -1.13. The van der Waals surface area contributed by atoms with Crippen molar-refractivity contribution in [3.05, 3.63) is 24.0 Å². The van der Waals surface area contributed by atoms with Crippen LogP contribution < -0.4 is 10.6 Å². The molecule has 0 bridgehead atoms. The predicted octanol–water partition coefficient (Wildman–Crippen LogP) is -0.109. The molecule has 4 nitrogen and oxygen atoms in total. The zero-order valence-electron chi connectivity index (χ0n) is 8.03. The summed E-state index contributed by atoms with van der Waals surface area (Å²) in [7, 11) is 0. The Morgan fingerprint density at radius 2 is 2.43 bits per heavy atom. The van der Waals surface area contributed by atoms with E-state index in [1.165, 1.54) is 0 Å². The van der Waals surface area contributed by atoms with Crippen LogP contribution in [0.2, 0.25) is 0 Å². The van der Waals surface area contributed by atoms with Crippen LogP contribution in [0.15, 0.2) is 18.3 Å². The number of hydrogen-bond donors (Lipinski definition) is 3. The van der Waals surface area contributed by atoms with Gasteiger partial charge in [-0.25, -0.2) is 0 Å². The number of aromatic hydroxyl groups is 1. The van der Waals surface area contributed by atoms with E-state index in [0.29, 0.717) is 11.8 Å². The van der Waals surface area contributed by atoms with Crippen LogP contribution in [0.5, 0.6) is 5.75 Å². The van der Waals surface area contributed by atoms with Crippen molar-refractivity contribution in [2.45, 2.75) is 12.5 Å². The Morgan fingerprint density at radius 1 is 1.50 bits per heavy atom. The molecule has 0 amide bonds. The number of piperazine rings is 1. The van der Waals surface area contributed by atoms with E-state index in [0.717, 1.165) is 31.7 Å². The molecule has 1 aromatic rings. The molecule has 1 atom stereocenters. The minimum absolute atomic E-state index is 0.292. The molecule has 0 aromatic carbocycles. The van der Waals surface area contributed by atoms with Gasteiger partial charge >= 0.3 is 0 Å². The number of hydrogen-bond acceptors (Lipinski definition) is 4. The van der Waals surface area contributed by atoms with Gasteiger partial charge in [0.2, 0.25) is 0 Å². The van der Waals surface area contributed by atoms with E-state index in [4.69, 9.17) is 0 Å². The first-order valence-electron chi connectivity index (χ1n) is 4.93. The van der Waals surface area contributed by atoms with Crippen LogP contribution in [-0.2, 0) is 6.42 Å². The average Bonchev–Trinajstić information content (AvgIpc) is 2.23. The van der Waals surface area contributed by atoms with Crippen LogP contribution in [0.25, 0.3) is 0 Å². The van der Waals surface area contributed by atoms with Crippen LogP contribution in [0.4, 0.5) is 0 Å². The van der Waals surface area contributed by atoms with Crippen molar-refractivity contribution in [2.75, 3.05) is 19.6 Å². The maximum Gasteiger partial charge on any atom is 0.137 e. The Balaban J connectivity index is 1.99. The lowest BCUT2D eigenvalue weighted by Gasteiger charge is -2.24. The zero-order chi connectivity index (χ0) is 9.80. The lowest BCUT2D eigenvalue weighted by Crippen LogP contribution is -2.49. The Labute approximate surface area is 83.4 Å². The summed E-state index contributed by atoms with van der Waals surface area (Å²) in [4.78, 5) is 4.15. The SMILES string of the molecule is Oc1cccnc1CC1CNCCN1. The summed E-state index contributed by atoms with van der Waals surface area (Å²) >= 11 is 0. The van der Waals surface area contributed by atoms with Gasteiger partial charge in [0.1, 0.15) is 5.75 Å². The summed E-state index contributed by atoms with van der Waals surface area (Å²) in [5, 5.41) is 16.2. The summed E-state index contributed by atoms with van der Waals surface area (Å²) in [5.41, 5.74) is 0.772. The maximum absolute atomic E-state index is 9.53. The van der Waals surface area contributed by atoms with Gasteiger partial charge < -0.3 is 15.7 Å². The second-order valence-electron chi connectivity index (χ2n) is 3.53. The van der Waals surface area contributed by atoms with E-state index in [2.05, 4.69) is 15.6 Å². The molecule has 0 aliphatic carbocycles. The molecule has 2 heterocycles. The highest BCUT2D eigenvalue weighted by Crippen LogP contribution is 2.14. The standard InChI is InChI=1S/C10H15N3O/c14-10-2-1-3-13-9(10)6-8-7-11-4-5-12-8/h1-3,8,11-12,14H,4-7H2. The van der Waals surface area contributed by atoms with Crippen LogP contribution in [0, 0.1) is 0 Å². The van der Waals surface area contributed by atoms with E-state index in [1.54, 1.807) is 18.3 Å².